The van der Waals surface area contributed by atoms with Crippen LogP contribution in [0.4, 0.5) is 0 Å². The van der Waals surface area contributed by atoms with Gasteiger partial charge in [-0.1, -0.05) is 23.2 Å². The van der Waals surface area contributed by atoms with Crippen LogP contribution in [0.1, 0.15) is 10.4 Å². The Morgan fingerprint density at radius 2 is 1.90 bits per heavy atom. The van der Waals surface area contributed by atoms with Crippen LogP contribution in [0.2, 0.25) is 9.36 Å². The zero-order valence-corrected chi connectivity index (χ0v) is 14.9. The smallest absolute Gasteiger partial charge is 0.207 e. The molecule has 2 aromatic rings. The zero-order chi connectivity index (χ0) is 15.6. The molecular weight excluding hydrogens is 373 g/mol. The molecule has 0 bridgehead atoms. The van der Waals surface area contributed by atoms with E-state index in [1.54, 1.807) is 12.1 Å². The van der Waals surface area contributed by atoms with Crippen molar-refractivity contribution in [2.45, 2.75) is 17.3 Å². The Morgan fingerprint density at radius 1 is 1.19 bits per heavy atom. The second-order valence-electron chi connectivity index (χ2n) is 4.35. The molecule has 1 aromatic heterocycles. The van der Waals surface area contributed by atoms with Gasteiger partial charge in [0.25, 0.3) is 0 Å². The van der Waals surface area contributed by atoms with Crippen LogP contribution in [0.3, 0.4) is 0 Å². The van der Waals surface area contributed by atoms with E-state index in [1.807, 2.05) is 6.07 Å². The number of halogens is 3. The van der Waals surface area contributed by atoms with Crippen molar-refractivity contribution in [3.05, 3.63) is 50.1 Å². The van der Waals surface area contributed by atoms with Gasteiger partial charge in [0.05, 0.1) is 9.23 Å². The fourth-order valence-electron chi connectivity index (χ4n) is 1.74. The van der Waals surface area contributed by atoms with Crippen LogP contribution in [-0.2, 0) is 22.4 Å². The Kier molecular flexibility index (Phi) is 5.57. The molecule has 0 radical (unpaired) electrons. The molecule has 0 aliphatic rings. The molecule has 0 saturated carbocycles. The molecule has 0 unspecified atom stereocenters. The van der Waals surface area contributed by atoms with Gasteiger partial charge in [0, 0.05) is 29.4 Å². The fourth-order valence-corrected chi connectivity index (χ4v) is 4.63. The van der Waals surface area contributed by atoms with Crippen LogP contribution >= 0.6 is 46.1 Å². The van der Waals surface area contributed by atoms with Crippen LogP contribution in [0.15, 0.2) is 35.2 Å². The number of thiophene rings is 1. The number of rotatable bonds is 5. The van der Waals surface area contributed by atoms with E-state index in [2.05, 4.69) is 0 Å². The monoisotopic (exact) mass is 383 g/mol. The molecular formula is C13H12Cl3NO2S2. The van der Waals surface area contributed by atoms with Crippen molar-refractivity contribution < 1.29 is 8.42 Å². The molecule has 8 heteroatoms. The van der Waals surface area contributed by atoms with Gasteiger partial charge in [-0.2, -0.15) is 4.31 Å². The average molecular weight is 385 g/mol. The van der Waals surface area contributed by atoms with E-state index in [9.17, 15) is 8.42 Å². The summed E-state index contributed by atoms with van der Waals surface area (Å²) in [7, 11) is -2.07. The van der Waals surface area contributed by atoms with Crippen LogP contribution in [0.5, 0.6) is 0 Å². The van der Waals surface area contributed by atoms with Crippen molar-refractivity contribution in [2.24, 2.45) is 0 Å². The summed E-state index contributed by atoms with van der Waals surface area (Å²) in [6.45, 7) is 0.262. The number of nitrogens with zero attached hydrogens (tertiary/aromatic N) is 1. The molecule has 0 aliphatic carbocycles. The van der Waals surface area contributed by atoms with Crippen LogP contribution in [-0.4, -0.2) is 19.8 Å². The van der Waals surface area contributed by atoms with Crippen molar-refractivity contribution in [1.29, 1.82) is 0 Å². The summed E-state index contributed by atoms with van der Waals surface area (Å²) in [6, 6.07) is 8.08. The maximum Gasteiger partial charge on any atom is 0.243 e. The van der Waals surface area contributed by atoms with Crippen molar-refractivity contribution in [2.75, 3.05) is 7.05 Å². The lowest BCUT2D eigenvalue weighted by Gasteiger charge is -2.17. The first-order valence-electron chi connectivity index (χ1n) is 5.89. The molecule has 0 spiro atoms. The molecule has 3 nitrogen and oxygen atoms in total. The Labute approximate surface area is 143 Å². The summed E-state index contributed by atoms with van der Waals surface area (Å²) in [4.78, 5) is 1.05. The summed E-state index contributed by atoms with van der Waals surface area (Å²) < 4.78 is 27.0. The second kappa shape index (κ2) is 6.86. The predicted octanol–water partition coefficient (Wildman–Crippen LogP) is 4.61. The Balaban J connectivity index is 2.28. The highest BCUT2D eigenvalue weighted by molar-refractivity contribution is 7.89. The van der Waals surface area contributed by atoms with E-state index >= 15 is 0 Å². The third-order valence-electron chi connectivity index (χ3n) is 2.88. The topological polar surface area (TPSA) is 37.4 Å². The van der Waals surface area contributed by atoms with Gasteiger partial charge in [-0.15, -0.1) is 22.9 Å². The molecule has 1 aromatic carbocycles. The van der Waals surface area contributed by atoms with Gasteiger partial charge in [-0.25, -0.2) is 8.42 Å². The van der Waals surface area contributed by atoms with Gasteiger partial charge < -0.3 is 0 Å². The summed E-state index contributed by atoms with van der Waals surface area (Å²) in [5.41, 5.74) is 0.590. The highest BCUT2D eigenvalue weighted by Crippen LogP contribution is 2.27. The number of hydrogen-bond acceptors (Lipinski definition) is 3. The fraction of sp³-hybridized carbons (Fsp3) is 0.231. The minimum absolute atomic E-state index is 0.159. The zero-order valence-electron chi connectivity index (χ0n) is 11.0. The normalized spacial score (nSPS) is 12.0. The Hall–Kier alpha value is -0.300. The van der Waals surface area contributed by atoms with Gasteiger partial charge in [0.2, 0.25) is 10.0 Å². The van der Waals surface area contributed by atoms with Crippen LogP contribution in [0, 0.1) is 0 Å². The highest BCUT2D eigenvalue weighted by atomic mass is 35.5. The molecule has 114 valence electrons. The Bertz CT molecular complexity index is 744. The van der Waals surface area contributed by atoms with E-state index in [1.165, 1.54) is 34.8 Å². The quantitative estimate of drug-likeness (QED) is 0.706. The lowest BCUT2D eigenvalue weighted by Crippen LogP contribution is -2.26. The molecule has 0 amide bonds. The van der Waals surface area contributed by atoms with Crippen molar-refractivity contribution >= 4 is 56.2 Å². The molecule has 1 heterocycles. The molecule has 2 rings (SSSR count). The first kappa shape index (κ1) is 17.1. The van der Waals surface area contributed by atoms with Gasteiger partial charge in [-0.05, 0) is 35.9 Å². The third kappa shape index (κ3) is 3.92. The van der Waals surface area contributed by atoms with Gasteiger partial charge in [0.15, 0.2) is 0 Å². The summed E-state index contributed by atoms with van der Waals surface area (Å²) in [5, 5.41) is 0.455. The molecule has 21 heavy (non-hydrogen) atoms. The lowest BCUT2D eigenvalue weighted by atomic mass is 10.2. The molecule has 0 fully saturated rings. The maximum atomic E-state index is 12.5. The maximum absolute atomic E-state index is 12.5. The molecule has 0 aliphatic heterocycles. The minimum atomic E-state index is -3.60. The SMILES string of the molecule is CN(Cc1ccc(Cl)s1)S(=O)(=O)c1ccc(Cl)c(CCl)c1. The number of benzene rings is 1. The first-order chi connectivity index (χ1) is 9.84. The van der Waals surface area contributed by atoms with Crippen molar-refractivity contribution in [1.82, 2.24) is 4.31 Å². The largest absolute Gasteiger partial charge is 0.243 e. The summed E-state index contributed by atoms with van der Waals surface area (Å²) in [5.74, 6) is 0.159. The average Bonchev–Trinajstić information content (AvgIpc) is 2.84. The minimum Gasteiger partial charge on any atom is -0.207 e. The van der Waals surface area contributed by atoms with Crippen molar-refractivity contribution in [3.63, 3.8) is 0 Å². The molecule has 0 saturated heterocycles. The van der Waals surface area contributed by atoms with E-state index in [-0.39, 0.29) is 17.3 Å². The highest BCUT2D eigenvalue weighted by Gasteiger charge is 2.22. The van der Waals surface area contributed by atoms with Crippen molar-refractivity contribution in [3.8, 4) is 0 Å². The van der Waals surface area contributed by atoms with Crippen LogP contribution < -0.4 is 0 Å². The van der Waals surface area contributed by atoms with E-state index in [4.69, 9.17) is 34.8 Å². The standard InChI is InChI=1S/C13H12Cl3NO2S2/c1-17(8-10-2-5-13(16)20-10)21(18,19)11-3-4-12(15)9(6-11)7-14/h2-6H,7-8H2,1H3. The van der Waals surface area contributed by atoms with E-state index in [0.717, 1.165) is 4.88 Å². The third-order valence-corrected chi connectivity index (χ3v) is 6.55. The molecule has 0 N–H and O–H groups in total. The van der Waals surface area contributed by atoms with E-state index < -0.39 is 10.0 Å². The summed E-state index contributed by atoms with van der Waals surface area (Å²) >= 11 is 18.9. The van der Waals surface area contributed by atoms with Gasteiger partial charge in [-0.3, -0.25) is 0 Å². The predicted molar refractivity (Wildman–Crippen MR) is 89.0 cm³/mol. The van der Waals surface area contributed by atoms with E-state index in [0.29, 0.717) is 14.9 Å². The van der Waals surface area contributed by atoms with Crippen LogP contribution in [0.25, 0.3) is 0 Å². The van der Waals surface area contributed by atoms with Gasteiger partial charge in [0.1, 0.15) is 0 Å². The molecule has 0 atom stereocenters. The summed E-state index contributed by atoms with van der Waals surface area (Å²) in [6.07, 6.45) is 0. The number of alkyl halides is 1. The lowest BCUT2D eigenvalue weighted by molar-refractivity contribution is 0.469. The first-order valence-corrected chi connectivity index (χ1v) is 9.44. The number of sulfonamides is 1. The Morgan fingerprint density at radius 3 is 2.48 bits per heavy atom. The number of hydrogen-bond donors (Lipinski definition) is 0. The second-order valence-corrected chi connectivity index (χ2v) is 8.87. The van der Waals surface area contributed by atoms with Gasteiger partial charge >= 0.3 is 0 Å².